The van der Waals surface area contributed by atoms with Gasteiger partial charge < -0.3 is 14.2 Å². The van der Waals surface area contributed by atoms with Crippen LogP contribution in [0.4, 0.5) is 0 Å². The van der Waals surface area contributed by atoms with Crippen molar-refractivity contribution < 1.29 is 28.6 Å². The van der Waals surface area contributed by atoms with Gasteiger partial charge in [0.05, 0.1) is 0 Å². The SMILES string of the molecule is CC\C=C/C=C\C=C/CCCCCCCC(=O)OCC(COC(=O)CCCCCCCCCCC/C=C\C/C=C\C/C=C\CC)OC(=O)CCCCCCCCCCCCCCCCC. The van der Waals surface area contributed by atoms with Crippen molar-refractivity contribution in [2.75, 3.05) is 13.2 Å². The molecule has 0 radical (unpaired) electrons. The van der Waals surface area contributed by atoms with Crippen LogP contribution < -0.4 is 0 Å². The Morgan fingerprint density at radius 2 is 0.677 bits per heavy atom. The molecule has 0 saturated heterocycles. The van der Waals surface area contributed by atoms with Gasteiger partial charge in [-0.3, -0.25) is 14.4 Å². The third kappa shape index (κ3) is 51.7. The normalized spacial score (nSPS) is 12.6. The summed E-state index contributed by atoms with van der Waals surface area (Å²) < 4.78 is 16.8. The van der Waals surface area contributed by atoms with Crippen molar-refractivity contribution in [1.82, 2.24) is 0 Å². The highest BCUT2D eigenvalue weighted by atomic mass is 16.6. The first kappa shape index (κ1) is 61.9. The molecule has 0 aromatic heterocycles. The fourth-order valence-corrected chi connectivity index (χ4v) is 7.69. The predicted octanol–water partition coefficient (Wildman–Crippen LogP) is 18.2. The van der Waals surface area contributed by atoms with E-state index < -0.39 is 6.10 Å². The molecule has 0 aliphatic heterocycles. The highest BCUT2D eigenvalue weighted by molar-refractivity contribution is 5.71. The Bertz CT molecular complexity index is 1230. The summed E-state index contributed by atoms with van der Waals surface area (Å²) in [6.45, 7) is 6.39. The molecule has 6 nitrogen and oxygen atoms in total. The second-order valence-electron chi connectivity index (χ2n) is 18.1. The van der Waals surface area contributed by atoms with E-state index in [0.29, 0.717) is 19.3 Å². The minimum atomic E-state index is -0.784. The van der Waals surface area contributed by atoms with Crippen LogP contribution in [0.2, 0.25) is 0 Å². The van der Waals surface area contributed by atoms with Crippen LogP contribution >= 0.6 is 0 Å². The Morgan fingerprint density at radius 1 is 0.338 bits per heavy atom. The standard InChI is InChI=1S/C59H102O6/c1-4-7-10-13-16-19-22-25-27-28-29-30-32-34-37-40-43-46-49-52-58(61)64-55-56(54-63-57(60)51-48-45-42-39-36-33-24-21-18-15-12-9-6-3)65-59(62)53-50-47-44-41-38-35-31-26-23-20-17-14-11-8-5-2/h7,9-10,12,15-16,18-19,21,24-25,27,56H,4-6,8,11,13-14,17,20,22-23,26,28-55H2,1-3H3/b10-7-,12-9-,18-15-,19-16-,24-21-,27-25-. The van der Waals surface area contributed by atoms with Gasteiger partial charge in [-0.1, -0.05) is 248 Å². The number of ether oxygens (including phenoxy) is 3. The molecule has 0 heterocycles. The zero-order valence-corrected chi connectivity index (χ0v) is 42.7. The van der Waals surface area contributed by atoms with Crippen LogP contribution in [0.3, 0.4) is 0 Å². The Balaban J connectivity index is 4.37. The molecule has 0 bridgehead atoms. The van der Waals surface area contributed by atoms with E-state index in [4.69, 9.17) is 14.2 Å². The number of hydrogen-bond donors (Lipinski definition) is 0. The van der Waals surface area contributed by atoms with Crippen LogP contribution in [0, 0.1) is 0 Å². The number of carbonyl (C=O) groups is 3. The Morgan fingerprint density at radius 3 is 1.11 bits per heavy atom. The van der Waals surface area contributed by atoms with Gasteiger partial charge in [0, 0.05) is 19.3 Å². The molecule has 1 atom stereocenters. The fourth-order valence-electron chi connectivity index (χ4n) is 7.69. The molecule has 65 heavy (non-hydrogen) atoms. The first-order chi connectivity index (χ1) is 32.0. The largest absolute Gasteiger partial charge is 0.462 e. The Labute approximate surface area is 402 Å². The molecule has 374 valence electrons. The first-order valence-electron chi connectivity index (χ1n) is 27.5. The van der Waals surface area contributed by atoms with Crippen LogP contribution in [-0.4, -0.2) is 37.2 Å². The van der Waals surface area contributed by atoms with Crippen molar-refractivity contribution in [1.29, 1.82) is 0 Å². The van der Waals surface area contributed by atoms with Gasteiger partial charge in [-0.15, -0.1) is 0 Å². The van der Waals surface area contributed by atoms with Crippen LogP contribution in [0.25, 0.3) is 0 Å². The van der Waals surface area contributed by atoms with Gasteiger partial charge in [0.1, 0.15) is 13.2 Å². The van der Waals surface area contributed by atoms with Gasteiger partial charge in [-0.05, 0) is 70.6 Å². The molecule has 0 N–H and O–H groups in total. The van der Waals surface area contributed by atoms with Crippen molar-refractivity contribution in [2.45, 2.75) is 271 Å². The van der Waals surface area contributed by atoms with E-state index in [1.807, 2.05) is 0 Å². The van der Waals surface area contributed by atoms with Crippen LogP contribution in [0.5, 0.6) is 0 Å². The van der Waals surface area contributed by atoms with Gasteiger partial charge >= 0.3 is 17.9 Å². The molecule has 0 aromatic rings. The molecule has 0 amide bonds. The number of carbonyl (C=O) groups excluding carboxylic acids is 3. The van der Waals surface area contributed by atoms with Crippen molar-refractivity contribution in [3.05, 3.63) is 72.9 Å². The highest BCUT2D eigenvalue weighted by Gasteiger charge is 2.19. The van der Waals surface area contributed by atoms with Gasteiger partial charge in [-0.2, -0.15) is 0 Å². The quantitative estimate of drug-likeness (QED) is 0.0199. The molecule has 0 rings (SSSR count). The second-order valence-corrected chi connectivity index (χ2v) is 18.1. The lowest BCUT2D eigenvalue weighted by Gasteiger charge is -2.18. The summed E-state index contributed by atoms with van der Waals surface area (Å²) in [4.78, 5) is 38.1. The lowest BCUT2D eigenvalue weighted by molar-refractivity contribution is -0.167. The maximum absolute atomic E-state index is 12.8. The smallest absolute Gasteiger partial charge is 0.306 e. The molecule has 0 aliphatic carbocycles. The maximum atomic E-state index is 12.8. The van der Waals surface area contributed by atoms with Crippen LogP contribution in [0.1, 0.15) is 265 Å². The minimum absolute atomic E-state index is 0.0832. The summed E-state index contributed by atoms with van der Waals surface area (Å²) in [5.74, 6) is -0.901. The summed E-state index contributed by atoms with van der Waals surface area (Å²) in [5, 5.41) is 0. The van der Waals surface area contributed by atoms with E-state index >= 15 is 0 Å². The highest BCUT2D eigenvalue weighted by Crippen LogP contribution is 2.16. The summed E-state index contributed by atoms with van der Waals surface area (Å²) in [7, 11) is 0. The summed E-state index contributed by atoms with van der Waals surface area (Å²) >= 11 is 0. The molecule has 0 aliphatic rings. The average Bonchev–Trinajstić information content (AvgIpc) is 3.30. The average molecular weight is 907 g/mol. The summed E-state index contributed by atoms with van der Waals surface area (Å²) in [5.41, 5.74) is 0. The van der Waals surface area contributed by atoms with E-state index in [0.717, 1.165) is 103 Å². The minimum Gasteiger partial charge on any atom is -0.462 e. The summed E-state index contributed by atoms with van der Waals surface area (Å²) in [6.07, 6.45) is 67.4. The Kier molecular flexibility index (Phi) is 50.9. The zero-order chi connectivity index (χ0) is 47.2. The van der Waals surface area contributed by atoms with Gasteiger partial charge in [-0.25, -0.2) is 0 Å². The molecule has 0 spiro atoms. The number of allylic oxidation sites excluding steroid dienone is 12. The fraction of sp³-hybridized carbons (Fsp3) is 0.746. The van der Waals surface area contributed by atoms with E-state index in [9.17, 15) is 14.4 Å². The van der Waals surface area contributed by atoms with Crippen molar-refractivity contribution >= 4 is 17.9 Å². The molecule has 6 heteroatoms. The van der Waals surface area contributed by atoms with E-state index in [2.05, 4.69) is 93.7 Å². The third-order valence-electron chi connectivity index (χ3n) is 11.8. The van der Waals surface area contributed by atoms with Crippen molar-refractivity contribution in [3.8, 4) is 0 Å². The van der Waals surface area contributed by atoms with E-state index in [1.165, 1.54) is 122 Å². The van der Waals surface area contributed by atoms with Gasteiger partial charge in [0.15, 0.2) is 6.10 Å². The maximum Gasteiger partial charge on any atom is 0.306 e. The summed E-state index contributed by atoms with van der Waals surface area (Å²) in [6, 6.07) is 0. The molecule has 1 unspecified atom stereocenters. The van der Waals surface area contributed by atoms with E-state index in [-0.39, 0.29) is 31.1 Å². The lowest BCUT2D eigenvalue weighted by atomic mass is 10.0. The Hall–Kier alpha value is -3.15. The van der Waals surface area contributed by atoms with Crippen LogP contribution in [0.15, 0.2) is 72.9 Å². The second kappa shape index (κ2) is 53.5. The number of esters is 3. The first-order valence-corrected chi connectivity index (χ1v) is 27.5. The third-order valence-corrected chi connectivity index (χ3v) is 11.8. The molecule has 0 aromatic carbocycles. The molecule has 0 fully saturated rings. The van der Waals surface area contributed by atoms with E-state index in [1.54, 1.807) is 0 Å². The molecular formula is C59H102O6. The zero-order valence-electron chi connectivity index (χ0n) is 42.7. The van der Waals surface area contributed by atoms with Gasteiger partial charge in [0.2, 0.25) is 0 Å². The van der Waals surface area contributed by atoms with Crippen LogP contribution in [-0.2, 0) is 28.6 Å². The predicted molar refractivity (Wildman–Crippen MR) is 279 cm³/mol. The van der Waals surface area contributed by atoms with Gasteiger partial charge in [0.25, 0.3) is 0 Å². The number of hydrogen-bond acceptors (Lipinski definition) is 6. The molecule has 0 saturated carbocycles. The number of rotatable bonds is 49. The number of unbranched alkanes of at least 4 members (excludes halogenated alkanes) is 28. The monoisotopic (exact) mass is 907 g/mol. The topological polar surface area (TPSA) is 78.9 Å². The van der Waals surface area contributed by atoms with Crippen molar-refractivity contribution in [3.63, 3.8) is 0 Å². The lowest BCUT2D eigenvalue weighted by Crippen LogP contribution is -2.30. The molecular weight excluding hydrogens is 805 g/mol. The van der Waals surface area contributed by atoms with Crippen molar-refractivity contribution in [2.24, 2.45) is 0 Å².